The Bertz CT molecular complexity index is 973. The molecule has 2 N–H and O–H groups in total. The lowest BCUT2D eigenvalue weighted by Crippen LogP contribution is -2.19. The number of anilines is 2. The lowest BCUT2D eigenvalue weighted by atomic mass is 9.95. The monoisotopic (exact) mass is 476 g/mol. The number of thiophene rings is 1. The molecule has 0 fully saturated rings. The number of para-hydroxylation sites is 2. The van der Waals surface area contributed by atoms with E-state index in [0.717, 1.165) is 36.1 Å². The van der Waals surface area contributed by atoms with Gasteiger partial charge in [-0.15, -0.1) is 23.1 Å². The molecule has 0 aliphatic heterocycles. The number of benzene rings is 1. The fourth-order valence-electron chi connectivity index (χ4n) is 3.51. The third-order valence-electron chi connectivity index (χ3n) is 4.83. The molecule has 0 saturated heterocycles. The van der Waals surface area contributed by atoms with Gasteiger partial charge in [0.15, 0.2) is 0 Å². The molecule has 9 heteroatoms. The van der Waals surface area contributed by atoms with Crippen LogP contribution in [0.25, 0.3) is 0 Å². The number of amides is 2. The van der Waals surface area contributed by atoms with Crippen LogP contribution in [0.4, 0.5) is 10.7 Å². The van der Waals surface area contributed by atoms with Crippen molar-refractivity contribution in [3.05, 3.63) is 40.3 Å². The van der Waals surface area contributed by atoms with Gasteiger partial charge in [0.05, 0.1) is 36.0 Å². The Morgan fingerprint density at radius 1 is 1.00 bits per heavy atom. The van der Waals surface area contributed by atoms with Crippen LogP contribution in [0.3, 0.4) is 0 Å². The normalized spacial score (nSPS) is 12.6. The minimum atomic E-state index is -0.387. The van der Waals surface area contributed by atoms with E-state index in [-0.39, 0.29) is 35.9 Å². The van der Waals surface area contributed by atoms with Gasteiger partial charge in [-0.3, -0.25) is 9.59 Å². The second-order valence-corrected chi connectivity index (χ2v) is 9.24. The standard InChI is InChI=1S/C23H28N2O5S2/c1-3-29-17-11-7-6-10-16(17)24-19(26)13-31-14-20(27)25-22-21(23(28)30-4-2)15-9-5-8-12-18(15)32-22/h6-7,10-11H,3-5,8-9,12-14H2,1-2H3,(H,24,26)(H,25,27). The molecule has 0 unspecified atom stereocenters. The van der Waals surface area contributed by atoms with Gasteiger partial charge < -0.3 is 20.1 Å². The second-order valence-electron chi connectivity index (χ2n) is 7.15. The van der Waals surface area contributed by atoms with Crippen molar-refractivity contribution < 1.29 is 23.9 Å². The number of esters is 1. The van der Waals surface area contributed by atoms with Crippen LogP contribution in [-0.4, -0.2) is 42.5 Å². The molecular weight excluding hydrogens is 448 g/mol. The SMILES string of the molecule is CCOC(=O)c1c(NC(=O)CSCC(=O)Nc2ccccc2OCC)sc2c1CCCC2. The number of hydrogen-bond acceptors (Lipinski definition) is 7. The molecule has 1 aromatic heterocycles. The lowest BCUT2D eigenvalue weighted by molar-refractivity contribution is -0.114. The van der Waals surface area contributed by atoms with Gasteiger partial charge in [0.1, 0.15) is 10.8 Å². The first-order valence-corrected chi connectivity index (χ1v) is 12.7. The first-order valence-electron chi connectivity index (χ1n) is 10.7. The van der Waals surface area contributed by atoms with Crippen molar-refractivity contribution >= 4 is 51.6 Å². The molecule has 0 radical (unpaired) electrons. The van der Waals surface area contributed by atoms with Crippen LogP contribution in [0.5, 0.6) is 5.75 Å². The summed E-state index contributed by atoms with van der Waals surface area (Å²) in [5.41, 5.74) is 2.11. The summed E-state index contributed by atoms with van der Waals surface area (Å²) >= 11 is 2.67. The summed E-state index contributed by atoms with van der Waals surface area (Å²) < 4.78 is 10.7. The van der Waals surface area contributed by atoms with E-state index in [0.29, 0.717) is 28.6 Å². The van der Waals surface area contributed by atoms with Gasteiger partial charge in [-0.25, -0.2) is 4.79 Å². The largest absolute Gasteiger partial charge is 0.492 e. The smallest absolute Gasteiger partial charge is 0.341 e. The van der Waals surface area contributed by atoms with Gasteiger partial charge in [0.25, 0.3) is 0 Å². The highest BCUT2D eigenvalue weighted by molar-refractivity contribution is 8.00. The van der Waals surface area contributed by atoms with Crippen LogP contribution in [0, 0.1) is 0 Å². The van der Waals surface area contributed by atoms with Crippen LogP contribution in [-0.2, 0) is 27.2 Å². The third-order valence-corrected chi connectivity index (χ3v) is 6.97. The number of ether oxygens (including phenoxy) is 2. The summed E-state index contributed by atoms with van der Waals surface area (Å²) in [6, 6.07) is 7.23. The number of nitrogens with one attached hydrogen (secondary N) is 2. The number of carbonyl (C=O) groups is 3. The van der Waals surface area contributed by atoms with Gasteiger partial charge in [0.2, 0.25) is 11.8 Å². The predicted octanol–water partition coefficient (Wildman–Crippen LogP) is 4.51. The maximum absolute atomic E-state index is 12.5. The Labute approximate surface area is 196 Å². The number of hydrogen-bond donors (Lipinski definition) is 2. The highest BCUT2D eigenvalue weighted by Crippen LogP contribution is 2.38. The molecule has 2 aromatic rings. The van der Waals surface area contributed by atoms with E-state index in [1.54, 1.807) is 19.1 Å². The topological polar surface area (TPSA) is 93.7 Å². The van der Waals surface area contributed by atoms with E-state index in [4.69, 9.17) is 9.47 Å². The molecule has 1 aromatic carbocycles. The van der Waals surface area contributed by atoms with Crippen LogP contribution < -0.4 is 15.4 Å². The summed E-state index contributed by atoms with van der Waals surface area (Å²) in [5, 5.41) is 6.23. The van der Waals surface area contributed by atoms with Gasteiger partial charge in [-0.1, -0.05) is 12.1 Å². The number of aryl methyl sites for hydroxylation is 1. The van der Waals surface area contributed by atoms with Crippen molar-refractivity contribution in [3.63, 3.8) is 0 Å². The number of thioether (sulfide) groups is 1. The average molecular weight is 477 g/mol. The molecule has 0 spiro atoms. The van der Waals surface area contributed by atoms with Gasteiger partial charge in [0, 0.05) is 4.88 Å². The molecule has 2 amide bonds. The first kappa shape index (κ1) is 24.1. The fourth-order valence-corrected chi connectivity index (χ4v) is 5.42. The minimum Gasteiger partial charge on any atom is -0.492 e. The van der Waals surface area contributed by atoms with Crippen LogP contribution in [0.15, 0.2) is 24.3 Å². The van der Waals surface area contributed by atoms with Gasteiger partial charge in [-0.2, -0.15) is 0 Å². The Kier molecular flexibility index (Phi) is 8.99. The van der Waals surface area contributed by atoms with Crippen molar-refractivity contribution in [3.8, 4) is 5.75 Å². The van der Waals surface area contributed by atoms with Crippen molar-refractivity contribution in [1.29, 1.82) is 0 Å². The quantitative estimate of drug-likeness (QED) is 0.490. The predicted molar refractivity (Wildman–Crippen MR) is 129 cm³/mol. The summed E-state index contributed by atoms with van der Waals surface area (Å²) in [4.78, 5) is 38.4. The minimum absolute atomic E-state index is 0.103. The first-order chi connectivity index (χ1) is 15.5. The zero-order valence-corrected chi connectivity index (χ0v) is 20.0. The Morgan fingerprint density at radius 2 is 1.72 bits per heavy atom. The zero-order valence-electron chi connectivity index (χ0n) is 18.3. The molecule has 1 aliphatic rings. The molecule has 32 heavy (non-hydrogen) atoms. The van der Waals surface area contributed by atoms with Gasteiger partial charge >= 0.3 is 5.97 Å². The average Bonchev–Trinajstić information content (AvgIpc) is 3.13. The highest BCUT2D eigenvalue weighted by atomic mass is 32.2. The molecule has 0 atom stereocenters. The van der Waals surface area contributed by atoms with Crippen molar-refractivity contribution in [2.24, 2.45) is 0 Å². The van der Waals surface area contributed by atoms with E-state index >= 15 is 0 Å². The number of carbonyl (C=O) groups excluding carboxylic acids is 3. The molecule has 3 rings (SSSR count). The van der Waals surface area contributed by atoms with Crippen LogP contribution in [0.1, 0.15) is 47.5 Å². The van der Waals surface area contributed by atoms with Gasteiger partial charge in [-0.05, 0) is 57.2 Å². The molecule has 172 valence electrons. The number of rotatable bonds is 10. The van der Waals surface area contributed by atoms with E-state index in [1.807, 2.05) is 19.1 Å². The van der Waals surface area contributed by atoms with Crippen molar-refractivity contribution in [2.45, 2.75) is 39.5 Å². The Balaban J connectivity index is 1.55. The molecule has 1 aliphatic carbocycles. The summed E-state index contributed by atoms with van der Waals surface area (Å²) in [5.74, 6) is -0.0119. The molecule has 0 bridgehead atoms. The highest BCUT2D eigenvalue weighted by Gasteiger charge is 2.27. The number of fused-ring (bicyclic) bond motifs is 1. The molecule has 1 heterocycles. The molecule has 7 nitrogen and oxygen atoms in total. The lowest BCUT2D eigenvalue weighted by Gasteiger charge is -2.12. The zero-order chi connectivity index (χ0) is 22.9. The van der Waals surface area contributed by atoms with E-state index < -0.39 is 0 Å². The van der Waals surface area contributed by atoms with Crippen molar-refractivity contribution in [1.82, 2.24) is 0 Å². The third kappa shape index (κ3) is 6.26. The summed E-state index contributed by atoms with van der Waals surface area (Å²) in [6.45, 7) is 4.43. The molecular formula is C23H28N2O5S2. The van der Waals surface area contributed by atoms with Crippen LogP contribution in [0.2, 0.25) is 0 Å². The maximum atomic E-state index is 12.5. The molecule has 0 saturated carbocycles. The fraction of sp³-hybridized carbons (Fsp3) is 0.435. The maximum Gasteiger partial charge on any atom is 0.341 e. The van der Waals surface area contributed by atoms with E-state index in [2.05, 4.69) is 10.6 Å². The second kappa shape index (κ2) is 11.9. The summed E-state index contributed by atoms with van der Waals surface area (Å²) in [7, 11) is 0. The van der Waals surface area contributed by atoms with Crippen LogP contribution >= 0.6 is 23.1 Å². The summed E-state index contributed by atoms with van der Waals surface area (Å²) in [6.07, 6.45) is 3.86. The Hall–Kier alpha value is -2.52. The van der Waals surface area contributed by atoms with Crippen molar-refractivity contribution in [2.75, 3.05) is 35.4 Å². The Morgan fingerprint density at radius 3 is 2.47 bits per heavy atom. The van der Waals surface area contributed by atoms with E-state index in [1.165, 1.54) is 23.1 Å². The van der Waals surface area contributed by atoms with E-state index in [9.17, 15) is 14.4 Å².